The van der Waals surface area contributed by atoms with Crippen molar-refractivity contribution in [2.24, 2.45) is 0 Å². The number of nitrogens with two attached hydrogens (primary N) is 1. The van der Waals surface area contributed by atoms with Crippen molar-refractivity contribution >= 4 is 5.82 Å². The molecule has 0 radical (unpaired) electrons. The first-order valence-corrected chi connectivity index (χ1v) is 2.95. The van der Waals surface area contributed by atoms with Gasteiger partial charge in [0.15, 0.2) is 0 Å². The molecule has 1 aromatic rings. The van der Waals surface area contributed by atoms with E-state index in [1.165, 1.54) is 12.5 Å². The molecule has 0 aromatic carbocycles. The molecule has 0 saturated carbocycles. The smallest absolute Gasteiger partial charge is 0.132 e. The highest BCUT2D eigenvalue weighted by Crippen LogP contribution is 2.14. The second-order valence-corrected chi connectivity index (χ2v) is 2.04. The van der Waals surface area contributed by atoms with E-state index in [0.29, 0.717) is 11.4 Å². The van der Waals surface area contributed by atoms with Gasteiger partial charge in [0.1, 0.15) is 12.1 Å². The lowest BCUT2D eigenvalue weighted by atomic mass is 10.2. The summed E-state index contributed by atoms with van der Waals surface area (Å²) in [5, 5.41) is 9.04. The number of nitrogens with zero attached hydrogens (tertiary/aromatic N) is 2. The predicted molar refractivity (Wildman–Crippen MR) is 37.1 cm³/mol. The summed E-state index contributed by atoms with van der Waals surface area (Å²) < 4.78 is 0. The van der Waals surface area contributed by atoms with Crippen LogP contribution in [-0.4, -0.2) is 15.1 Å². The van der Waals surface area contributed by atoms with Crippen molar-refractivity contribution in [3.05, 3.63) is 18.1 Å². The fourth-order valence-electron chi connectivity index (χ4n) is 0.672. The largest absolute Gasteiger partial charge is 0.389 e. The topological polar surface area (TPSA) is 72.0 Å². The van der Waals surface area contributed by atoms with Gasteiger partial charge >= 0.3 is 0 Å². The van der Waals surface area contributed by atoms with Gasteiger partial charge in [-0.25, -0.2) is 9.97 Å². The Morgan fingerprint density at radius 2 is 2.40 bits per heavy atom. The molecular weight excluding hydrogens is 130 g/mol. The number of rotatable bonds is 1. The second-order valence-electron chi connectivity index (χ2n) is 2.04. The summed E-state index contributed by atoms with van der Waals surface area (Å²) in [6, 6.07) is 0. The molecule has 10 heavy (non-hydrogen) atoms. The van der Waals surface area contributed by atoms with Gasteiger partial charge in [0, 0.05) is 11.8 Å². The van der Waals surface area contributed by atoms with Gasteiger partial charge in [-0.2, -0.15) is 0 Å². The number of hydrogen-bond donors (Lipinski definition) is 2. The van der Waals surface area contributed by atoms with Crippen LogP contribution in [0.25, 0.3) is 0 Å². The van der Waals surface area contributed by atoms with Gasteiger partial charge in [-0.1, -0.05) is 0 Å². The van der Waals surface area contributed by atoms with Crippen molar-refractivity contribution in [1.29, 1.82) is 0 Å². The van der Waals surface area contributed by atoms with Crippen molar-refractivity contribution in [2.75, 3.05) is 5.73 Å². The zero-order valence-electron chi connectivity index (χ0n) is 5.65. The standard InChI is InChI=1S/C6H9N3O/c1-4(10)5-2-8-3-9-6(5)7/h2-4,10H,1H3,(H2,7,8,9). The Morgan fingerprint density at radius 3 is 2.80 bits per heavy atom. The molecule has 1 rings (SSSR count). The zero-order valence-corrected chi connectivity index (χ0v) is 5.65. The lowest BCUT2D eigenvalue weighted by molar-refractivity contribution is 0.199. The normalized spacial score (nSPS) is 13.0. The molecule has 0 saturated heterocycles. The van der Waals surface area contributed by atoms with Gasteiger partial charge < -0.3 is 10.8 Å². The van der Waals surface area contributed by atoms with Crippen LogP contribution in [-0.2, 0) is 0 Å². The van der Waals surface area contributed by atoms with Crippen LogP contribution in [0.5, 0.6) is 0 Å². The summed E-state index contributed by atoms with van der Waals surface area (Å²) in [4.78, 5) is 7.42. The number of aliphatic hydroxyl groups excluding tert-OH is 1. The molecular formula is C6H9N3O. The van der Waals surface area contributed by atoms with Crippen LogP contribution in [0.1, 0.15) is 18.6 Å². The molecule has 1 aromatic heterocycles. The summed E-state index contributed by atoms with van der Waals surface area (Å²) in [5.74, 6) is 0.338. The van der Waals surface area contributed by atoms with E-state index in [2.05, 4.69) is 9.97 Å². The molecule has 54 valence electrons. The Balaban J connectivity index is 3.03. The van der Waals surface area contributed by atoms with E-state index in [4.69, 9.17) is 10.8 Å². The number of nitrogen functional groups attached to an aromatic ring is 1. The third kappa shape index (κ3) is 1.22. The fourth-order valence-corrected chi connectivity index (χ4v) is 0.672. The van der Waals surface area contributed by atoms with E-state index >= 15 is 0 Å². The monoisotopic (exact) mass is 139 g/mol. The van der Waals surface area contributed by atoms with Gasteiger partial charge in [0.2, 0.25) is 0 Å². The van der Waals surface area contributed by atoms with Crippen LogP contribution in [0.2, 0.25) is 0 Å². The minimum atomic E-state index is -0.596. The Hall–Kier alpha value is -1.16. The summed E-state index contributed by atoms with van der Waals surface area (Å²) in [7, 11) is 0. The van der Waals surface area contributed by atoms with Crippen LogP contribution < -0.4 is 5.73 Å². The van der Waals surface area contributed by atoms with Gasteiger partial charge in [0.05, 0.1) is 6.10 Å². The number of aliphatic hydroxyl groups is 1. The lowest BCUT2D eigenvalue weighted by Crippen LogP contribution is -2.01. The maximum absolute atomic E-state index is 9.04. The van der Waals surface area contributed by atoms with E-state index < -0.39 is 6.10 Å². The van der Waals surface area contributed by atoms with Gasteiger partial charge in [-0.05, 0) is 6.92 Å². The molecule has 3 N–H and O–H groups in total. The summed E-state index contributed by atoms with van der Waals surface area (Å²) in [6.45, 7) is 1.62. The molecule has 0 amide bonds. The summed E-state index contributed by atoms with van der Waals surface area (Å²) in [5.41, 5.74) is 5.98. The zero-order chi connectivity index (χ0) is 7.56. The molecule has 1 atom stereocenters. The van der Waals surface area contributed by atoms with Gasteiger partial charge in [-0.15, -0.1) is 0 Å². The van der Waals surface area contributed by atoms with Gasteiger partial charge in [-0.3, -0.25) is 0 Å². The highest BCUT2D eigenvalue weighted by atomic mass is 16.3. The SMILES string of the molecule is CC(O)c1cncnc1N. The first-order chi connectivity index (χ1) is 4.72. The van der Waals surface area contributed by atoms with E-state index in [1.54, 1.807) is 6.92 Å². The highest BCUT2D eigenvalue weighted by molar-refractivity contribution is 5.37. The molecule has 1 heterocycles. The fraction of sp³-hybridized carbons (Fsp3) is 0.333. The first-order valence-electron chi connectivity index (χ1n) is 2.95. The maximum atomic E-state index is 9.04. The molecule has 0 spiro atoms. The first kappa shape index (κ1) is 6.95. The predicted octanol–water partition coefficient (Wildman–Crippen LogP) is 0.112. The Kier molecular flexibility index (Phi) is 1.82. The average molecular weight is 139 g/mol. The van der Waals surface area contributed by atoms with Crippen LogP contribution >= 0.6 is 0 Å². The van der Waals surface area contributed by atoms with E-state index in [1.807, 2.05) is 0 Å². The second kappa shape index (κ2) is 2.62. The summed E-state index contributed by atoms with van der Waals surface area (Å²) in [6.07, 6.45) is 2.26. The lowest BCUT2D eigenvalue weighted by Gasteiger charge is -2.04. The highest BCUT2D eigenvalue weighted by Gasteiger charge is 2.04. The molecule has 0 fully saturated rings. The van der Waals surface area contributed by atoms with Crippen LogP contribution in [0.3, 0.4) is 0 Å². The van der Waals surface area contributed by atoms with Crippen molar-refractivity contribution in [2.45, 2.75) is 13.0 Å². The molecule has 0 bridgehead atoms. The van der Waals surface area contributed by atoms with Gasteiger partial charge in [0.25, 0.3) is 0 Å². The molecule has 0 aliphatic rings. The van der Waals surface area contributed by atoms with E-state index in [0.717, 1.165) is 0 Å². The van der Waals surface area contributed by atoms with Crippen molar-refractivity contribution in [3.63, 3.8) is 0 Å². The van der Waals surface area contributed by atoms with Crippen LogP contribution in [0.15, 0.2) is 12.5 Å². The molecule has 4 nitrogen and oxygen atoms in total. The molecule has 4 heteroatoms. The number of aromatic nitrogens is 2. The Morgan fingerprint density at radius 1 is 1.70 bits per heavy atom. The average Bonchev–Trinajstić information content (AvgIpc) is 1.88. The van der Waals surface area contributed by atoms with Crippen molar-refractivity contribution in [3.8, 4) is 0 Å². The minimum Gasteiger partial charge on any atom is -0.389 e. The van der Waals surface area contributed by atoms with Crippen molar-refractivity contribution < 1.29 is 5.11 Å². The summed E-state index contributed by atoms with van der Waals surface area (Å²) >= 11 is 0. The minimum absolute atomic E-state index is 0.338. The third-order valence-electron chi connectivity index (χ3n) is 1.22. The van der Waals surface area contributed by atoms with Crippen molar-refractivity contribution in [1.82, 2.24) is 9.97 Å². The van der Waals surface area contributed by atoms with Crippen LogP contribution in [0, 0.1) is 0 Å². The third-order valence-corrected chi connectivity index (χ3v) is 1.22. The van der Waals surface area contributed by atoms with E-state index in [9.17, 15) is 0 Å². The molecule has 0 aliphatic heterocycles. The molecule has 1 unspecified atom stereocenters. The van der Waals surface area contributed by atoms with E-state index in [-0.39, 0.29) is 0 Å². The quantitative estimate of drug-likeness (QED) is 0.579. The Labute approximate surface area is 58.7 Å². The maximum Gasteiger partial charge on any atom is 0.132 e. The number of anilines is 1. The number of hydrogen-bond acceptors (Lipinski definition) is 4. The van der Waals surface area contributed by atoms with Crippen LogP contribution in [0.4, 0.5) is 5.82 Å². The molecule has 0 aliphatic carbocycles. The Bertz CT molecular complexity index is 224.